The molecule has 1 fully saturated rings. The Morgan fingerprint density at radius 3 is 2.73 bits per heavy atom. The number of nitrogens with zero attached hydrogens (tertiary/aromatic N) is 2. The van der Waals surface area contributed by atoms with Crippen molar-refractivity contribution in [3.63, 3.8) is 0 Å². The van der Waals surface area contributed by atoms with Crippen LogP contribution < -0.4 is 5.73 Å². The highest BCUT2D eigenvalue weighted by molar-refractivity contribution is 5.82. The van der Waals surface area contributed by atoms with Crippen molar-refractivity contribution in [3.05, 3.63) is 0 Å². The van der Waals surface area contributed by atoms with Crippen molar-refractivity contribution in [2.75, 3.05) is 19.6 Å². The summed E-state index contributed by atoms with van der Waals surface area (Å²) in [7, 11) is 0. The van der Waals surface area contributed by atoms with Gasteiger partial charge in [-0.05, 0) is 31.7 Å². The van der Waals surface area contributed by atoms with E-state index >= 15 is 0 Å². The minimum absolute atomic E-state index is 0.139. The number of hydrogen-bond acceptors (Lipinski definition) is 3. The van der Waals surface area contributed by atoms with Gasteiger partial charge in [-0.2, -0.15) is 0 Å². The van der Waals surface area contributed by atoms with Crippen LogP contribution >= 0.6 is 0 Å². The van der Waals surface area contributed by atoms with E-state index in [2.05, 4.69) is 17.0 Å². The number of amidine groups is 1. The molecule has 1 aliphatic carbocycles. The lowest BCUT2D eigenvalue weighted by molar-refractivity contribution is 0.244. The number of oxime groups is 1. The first-order valence-electron chi connectivity index (χ1n) is 5.87. The molecule has 15 heavy (non-hydrogen) atoms. The van der Waals surface area contributed by atoms with Gasteiger partial charge in [-0.15, -0.1) is 0 Å². The van der Waals surface area contributed by atoms with E-state index < -0.39 is 0 Å². The molecule has 1 atom stereocenters. The summed E-state index contributed by atoms with van der Waals surface area (Å²) in [5.41, 5.74) is 5.58. The monoisotopic (exact) mass is 213 g/mol. The van der Waals surface area contributed by atoms with Crippen LogP contribution in [-0.4, -0.2) is 35.6 Å². The second-order valence-corrected chi connectivity index (χ2v) is 4.63. The van der Waals surface area contributed by atoms with Crippen LogP contribution in [0.1, 0.15) is 33.1 Å². The van der Waals surface area contributed by atoms with Crippen molar-refractivity contribution in [1.29, 1.82) is 0 Å². The molecule has 0 heterocycles. The first-order chi connectivity index (χ1) is 7.17. The van der Waals surface area contributed by atoms with Gasteiger partial charge in [-0.1, -0.05) is 19.0 Å². The van der Waals surface area contributed by atoms with Gasteiger partial charge in [0.25, 0.3) is 0 Å². The lowest BCUT2D eigenvalue weighted by Crippen LogP contribution is -2.36. The molecule has 3 N–H and O–H groups in total. The van der Waals surface area contributed by atoms with Crippen LogP contribution in [0.2, 0.25) is 0 Å². The maximum atomic E-state index is 8.59. The predicted octanol–water partition coefficient (Wildman–Crippen LogP) is 1.49. The second-order valence-electron chi connectivity index (χ2n) is 4.63. The van der Waals surface area contributed by atoms with Crippen molar-refractivity contribution in [3.8, 4) is 0 Å². The molecule has 0 saturated heterocycles. The van der Waals surface area contributed by atoms with Gasteiger partial charge < -0.3 is 15.8 Å². The smallest absolute Gasteiger partial charge is 0.143 e. The lowest BCUT2D eigenvalue weighted by atomic mass is 10.1. The SMILES string of the molecule is CCCN(CC1CC1)CC(C)/C(N)=N/O. The maximum absolute atomic E-state index is 8.59. The fourth-order valence-corrected chi connectivity index (χ4v) is 1.82. The Kier molecular flexibility index (Phi) is 4.88. The van der Waals surface area contributed by atoms with Gasteiger partial charge in [-0.25, -0.2) is 0 Å². The summed E-state index contributed by atoms with van der Waals surface area (Å²) in [5, 5.41) is 11.7. The molecule has 0 aromatic heterocycles. The molecule has 0 amide bonds. The maximum Gasteiger partial charge on any atom is 0.143 e. The van der Waals surface area contributed by atoms with Crippen molar-refractivity contribution in [2.24, 2.45) is 22.7 Å². The molecule has 0 aromatic rings. The van der Waals surface area contributed by atoms with Gasteiger partial charge in [0.2, 0.25) is 0 Å². The van der Waals surface area contributed by atoms with Crippen LogP contribution in [0.25, 0.3) is 0 Å². The molecule has 4 heteroatoms. The Hall–Kier alpha value is -0.770. The molecule has 0 spiro atoms. The fourth-order valence-electron chi connectivity index (χ4n) is 1.82. The van der Waals surface area contributed by atoms with Gasteiger partial charge in [0.15, 0.2) is 0 Å². The van der Waals surface area contributed by atoms with Crippen LogP contribution in [0.15, 0.2) is 5.16 Å². The minimum atomic E-state index is 0.139. The zero-order chi connectivity index (χ0) is 11.3. The molecule has 1 saturated carbocycles. The van der Waals surface area contributed by atoms with E-state index in [9.17, 15) is 0 Å². The molecular weight excluding hydrogens is 190 g/mol. The average molecular weight is 213 g/mol. The molecule has 0 radical (unpaired) electrons. The third-order valence-electron chi connectivity index (χ3n) is 2.91. The minimum Gasteiger partial charge on any atom is -0.409 e. The fraction of sp³-hybridized carbons (Fsp3) is 0.909. The zero-order valence-electron chi connectivity index (χ0n) is 9.82. The van der Waals surface area contributed by atoms with Crippen molar-refractivity contribution in [1.82, 2.24) is 4.90 Å². The Bertz CT molecular complexity index is 214. The third kappa shape index (κ3) is 4.51. The molecule has 4 nitrogen and oxygen atoms in total. The third-order valence-corrected chi connectivity index (χ3v) is 2.91. The summed E-state index contributed by atoms with van der Waals surface area (Å²) in [6, 6.07) is 0. The summed E-state index contributed by atoms with van der Waals surface area (Å²) < 4.78 is 0. The number of rotatable bonds is 7. The Balaban J connectivity index is 2.34. The summed E-state index contributed by atoms with van der Waals surface area (Å²) in [5.74, 6) is 1.38. The summed E-state index contributed by atoms with van der Waals surface area (Å²) in [4.78, 5) is 2.43. The van der Waals surface area contributed by atoms with E-state index in [1.54, 1.807) is 0 Å². The highest BCUT2D eigenvalue weighted by Gasteiger charge is 2.25. The quantitative estimate of drug-likeness (QED) is 0.291. The molecule has 1 unspecified atom stereocenters. The van der Waals surface area contributed by atoms with E-state index in [1.165, 1.54) is 19.4 Å². The summed E-state index contributed by atoms with van der Waals surface area (Å²) in [6.45, 7) is 7.38. The Morgan fingerprint density at radius 2 is 2.27 bits per heavy atom. The van der Waals surface area contributed by atoms with E-state index in [0.29, 0.717) is 5.84 Å². The average Bonchev–Trinajstić information content (AvgIpc) is 3.00. The van der Waals surface area contributed by atoms with E-state index in [0.717, 1.165) is 25.4 Å². The predicted molar refractivity (Wildman–Crippen MR) is 62.0 cm³/mol. The van der Waals surface area contributed by atoms with Gasteiger partial charge in [0, 0.05) is 19.0 Å². The van der Waals surface area contributed by atoms with E-state index in [-0.39, 0.29) is 5.92 Å². The second kappa shape index (κ2) is 5.95. The zero-order valence-corrected chi connectivity index (χ0v) is 9.82. The topological polar surface area (TPSA) is 61.8 Å². The largest absolute Gasteiger partial charge is 0.409 e. The van der Waals surface area contributed by atoms with Crippen molar-refractivity contribution >= 4 is 5.84 Å². The van der Waals surface area contributed by atoms with Crippen LogP contribution in [0.5, 0.6) is 0 Å². The molecule has 0 aliphatic heterocycles. The van der Waals surface area contributed by atoms with Crippen LogP contribution in [0.3, 0.4) is 0 Å². The standard InChI is InChI=1S/C11H23N3O/c1-3-6-14(8-10-4-5-10)7-9(2)11(12)13-15/h9-10,15H,3-8H2,1-2H3,(H2,12,13). The van der Waals surface area contributed by atoms with Crippen molar-refractivity contribution < 1.29 is 5.21 Å². The highest BCUT2D eigenvalue weighted by Crippen LogP contribution is 2.29. The Labute approximate surface area is 92.1 Å². The molecule has 0 bridgehead atoms. The van der Waals surface area contributed by atoms with E-state index in [4.69, 9.17) is 10.9 Å². The van der Waals surface area contributed by atoms with Crippen LogP contribution in [0.4, 0.5) is 0 Å². The van der Waals surface area contributed by atoms with E-state index in [1.807, 2.05) is 6.92 Å². The first kappa shape index (κ1) is 12.3. The summed E-state index contributed by atoms with van der Waals surface area (Å²) in [6.07, 6.45) is 3.91. The van der Waals surface area contributed by atoms with Gasteiger partial charge >= 0.3 is 0 Å². The van der Waals surface area contributed by atoms with Crippen LogP contribution in [0, 0.1) is 11.8 Å². The molecule has 88 valence electrons. The highest BCUT2D eigenvalue weighted by atomic mass is 16.4. The Morgan fingerprint density at radius 1 is 1.60 bits per heavy atom. The number of nitrogens with two attached hydrogens (primary N) is 1. The molecular formula is C11H23N3O. The summed E-state index contributed by atoms with van der Waals surface area (Å²) >= 11 is 0. The molecule has 0 aromatic carbocycles. The molecule has 1 aliphatic rings. The van der Waals surface area contributed by atoms with Gasteiger partial charge in [0.1, 0.15) is 5.84 Å². The van der Waals surface area contributed by atoms with Crippen molar-refractivity contribution in [2.45, 2.75) is 33.1 Å². The molecule has 1 rings (SSSR count). The van der Waals surface area contributed by atoms with Gasteiger partial charge in [-0.3, -0.25) is 0 Å². The van der Waals surface area contributed by atoms with Gasteiger partial charge in [0.05, 0.1) is 0 Å². The van der Waals surface area contributed by atoms with Crippen LogP contribution in [-0.2, 0) is 0 Å². The lowest BCUT2D eigenvalue weighted by Gasteiger charge is -2.24. The number of hydrogen-bond donors (Lipinski definition) is 2. The normalized spacial score (nSPS) is 19.5. The first-order valence-corrected chi connectivity index (χ1v) is 5.87.